The summed E-state index contributed by atoms with van der Waals surface area (Å²) in [4.78, 5) is 134. The van der Waals surface area contributed by atoms with E-state index in [2.05, 4.69) is 34.9 Å². The average Bonchev–Trinajstić information content (AvgIpc) is 1.65. The van der Waals surface area contributed by atoms with Crippen molar-refractivity contribution in [3.63, 3.8) is 0 Å². The highest BCUT2D eigenvalue weighted by molar-refractivity contribution is 7.48. The number of aliphatic hydroxyl groups is 2. The van der Waals surface area contributed by atoms with Crippen molar-refractivity contribution < 1.29 is 108 Å². The molecule has 5 aliphatic rings. The second-order valence-corrected chi connectivity index (χ2v) is 27.5. The molecule has 15 N–H and O–H groups in total. The average molecular weight is 1420 g/mol. The second kappa shape index (κ2) is 28.0. The molecular weight excluding hydrogens is 1360 g/mol. The zero-order valence-corrected chi connectivity index (χ0v) is 52.7. The van der Waals surface area contributed by atoms with Crippen LogP contribution in [0.4, 0.5) is 23.3 Å². The van der Waals surface area contributed by atoms with Crippen LogP contribution in [-0.2, 0) is 78.1 Å². The van der Waals surface area contributed by atoms with Gasteiger partial charge in [-0.1, -0.05) is 0 Å². The number of nitrogens with two attached hydrogens (primary N) is 4. The van der Waals surface area contributed by atoms with Crippen molar-refractivity contribution in [3.05, 3.63) is 113 Å². The molecule has 6 aromatic heterocycles. The van der Waals surface area contributed by atoms with E-state index in [0.29, 0.717) is 0 Å². The lowest BCUT2D eigenvalue weighted by Gasteiger charge is -2.25. The molecule has 5 aliphatic heterocycles. The summed E-state index contributed by atoms with van der Waals surface area (Å²) >= 11 is 0. The Hall–Kier alpha value is -6.77. The largest absolute Gasteiger partial charge is 0.472 e. The molecule has 11 rings (SSSR count). The van der Waals surface area contributed by atoms with Crippen molar-refractivity contribution in [2.45, 2.75) is 131 Å². The lowest BCUT2D eigenvalue weighted by Crippen LogP contribution is -2.33. The Balaban J connectivity index is 0.761. The minimum Gasteiger partial charge on any atom is -0.394 e. The Kier molecular flexibility index (Phi) is 20.5. The molecule has 4 unspecified atom stereocenters. The predicted octanol–water partition coefficient (Wildman–Crippen LogP) is -2.42. The van der Waals surface area contributed by atoms with Crippen molar-refractivity contribution in [1.29, 1.82) is 0 Å². The number of aliphatic hydroxyl groups excluding tert-OH is 2. The lowest BCUT2D eigenvalue weighted by atomic mass is 10.2. The standard InChI is InChI=1S/C47H62N16O28P4/c1-21-13-62(47(70)58-43(21)66)39-9-23(27(14-64)83-39)88-93(73,74)80-16-29-25(11-37(85-29)60-6-3-33(49)56-45(60)68)90-95(77,78)82-18-31-26(12-38(87-31)61-7-4-34(50)57-46(61)69)91-94(75,76)81-17-30-24(10-36(86-30)59-5-2-32(48)55-44(59)67)89-92(71,72)79-15-28-22(65)8-35(84-28)63-20-54-40-41(51)52-19-53-42(40)63/h2-7,13,19-20,22-31,35-39,64-65H,8-12,14-18H2,1H3,(H,71,72)(H,73,74)(H,75,76)(H,77,78)(H2,48,55,67)(H2,49,56,68)(H2,50,57,69)(H2,51,52,53)(H,58,66,70)/t22-,23-,24-,25-,26-,27+,28+,29+,30+,31+,35+,36+,37+,38+,39+/m0/s1. The molecule has 0 bridgehead atoms. The molecule has 0 spiro atoms. The summed E-state index contributed by atoms with van der Waals surface area (Å²) in [5.41, 5.74) is 19.1. The van der Waals surface area contributed by atoms with Gasteiger partial charge in [0.25, 0.3) is 5.56 Å². The topological polar surface area (TPSA) is 617 Å². The number of phosphoric acid groups is 4. The Morgan fingerprint density at radius 3 is 1.31 bits per heavy atom. The maximum absolute atomic E-state index is 14.0. The molecule has 5 saturated heterocycles. The van der Waals surface area contributed by atoms with Crippen LogP contribution in [0.2, 0.25) is 0 Å². The first-order chi connectivity index (χ1) is 44.9. The number of ether oxygens (including phenoxy) is 5. The number of phosphoric ester groups is 4. The number of imidazole rings is 1. The first-order valence-corrected chi connectivity index (χ1v) is 34.4. The van der Waals surface area contributed by atoms with Gasteiger partial charge in [0, 0.05) is 62.5 Å². The smallest absolute Gasteiger partial charge is 0.394 e. The number of nitrogens with one attached hydrogen (secondary N) is 1. The van der Waals surface area contributed by atoms with Crippen molar-refractivity contribution in [2.75, 3.05) is 56.0 Å². The molecule has 0 radical (unpaired) electrons. The number of H-pyrrole nitrogens is 1. The Morgan fingerprint density at radius 1 is 0.526 bits per heavy atom. The normalized spacial score (nSPS) is 30.3. The molecule has 6 aromatic rings. The third kappa shape index (κ3) is 16.3. The minimum atomic E-state index is -5.49. The van der Waals surface area contributed by atoms with E-state index in [-0.39, 0.29) is 52.8 Å². The van der Waals surface area contributed by atoms with E-state index < -0.39 is 204 Å². The molecule has 0 amide bonds. The van der Waals surface area contributed by atoms with Crippen molar-refractivity contribution in [1.82, 2.24) is 57.7 Å². The van der Waals surface area contributed by atoms with Crippen LogP contribution in [0.25, 0.3) is 11.2 Å². The number of nitrogens with zero attached hydrogens (tertiary/aromatic N) is 11. The molecule has 0 saturated carbocycles. The van der Waals surface area contributed by atoms with E-state index in [1.165, 1.54) is 54.7 Å². The molecule has 518 valence electrons. The van der Waals surface area contributed by atoms with E-state index in [0.717, 1.165) is 30.7 Å². The van der Waals surface area contributed by atoms with Crippen LogP contribution in [0.15, 0.2) is 79.6 Å². The second-order valence-electron chi connectivity index (χ2n) is 21.9. The van der Waals surface area contributed by atoms with Gasteiger partial charge < -0.3 is 76.4 Å². The summed E-state index contributed by atoms with van der Waals surface area (Å²) in [5, 5.41) is 21.0. The van der Waals surface area contributed by atoms with Crippen molar-refractivity contribution in [3.8, 4) is 0 Å². The van der Waals surface area contributed by atoms with E-state index >= 15 is 0 Å². The highest BCUT2D eigenvalue weighted by atomic mass is 31.2. The summed E-state index contributed by atoms with van der Waals surface area (Å²) in [6.07, 6.45) is -16.1. The highest BCUT2D eigenvalue weighted by Gasteiger charge is 2.50. The van der Waals surface area contributed by atoms with Crippen LogP contribution in [0.1, 0.15) is 68.8 Å². The van der Waals surface area contributed by atoms with Gasteiger partial charge in [-0.15, -0.1) is 0 Å². The van der Waals surface area contributed by atoms with Crippen molar-refractivity contribution in [2.24, 2.45) is 0 Å². The van der Waals surface area contributed by atoms with Crippen LogP contribution in [0.3, 0.4) is 0 Å². The first-order valence-electron chi connectivity index (χ1n) is 28.4. The van der Waals surface area contributed by atoms with E-state index in [1.54, 1.807) is 0 Å². The summed E-state index contributed by atoms with van der Waals surface area (Å²) in [7, 11) is -21.5. The molecule has 19 atom stereocenters. The number of rotatable bonds is 26. The molecule has 95 heavy (non-hydrogen) atoms. The molecule has 44 nitrogen and oxygen atoms in total. The van der Waals surface area contributed by atoms with Crippen LogP contribution >= 0.6 is 31.3 Å². The highest BCUT2D eigenvalue weighted by Crippen LogP contribution is 2.55. The molecule has 0 aromatic carbocycles. The van der Waals surface area contributed by atoms with E-state index in [4.69, 9.17) is 82.8 Å². The van der Waals surface area contributed by atoms with Gasteiger partial charge in [0.1, 0.15) is 115 Å². The zero-order chi connectivity index (χ0) is 68.1. The van der Waals surface area contributed by atoms with Crippen molar-refractivity contribution >= 4 is 65.7 Å². The molecule has 11 heterocycles. The van der Waals surface area contributed by atoms with Gasteiger partial charge >= 0.3 is 54.0 Å². The summed E-state index contributed by atoms with van der Waals surface area (Å²) in [6.45, 7) is -3.19. The minimum absolute atomic E-state index is 0.0495. The number of anilines is 4. The first kappa shape index (κ1) is 69.6. The van der Waals surface area contributed by atoms with Crippen LogP contribution in [0.5, 0.6) is 0 Å². The zero-order valence-electron chi connectivity index (χ0n) is 49.1. The van der Waals surface area contributed by atoms with Gasteiger partial charge in [-0.2, -0.15) is 15.0 Å². The number of nitrogen functional groups attached to an aromatic ring is 4. The summed E-state index contributed by atoms with van der Waals surface area (Å²) in [5.74, 6) is -0.493. The predicted molar refractivity (Wildman–Crippen MR) is 313 cm³/mol. The third-order valence-corrected chi connectivity index (χ3v) is 19.5. The van der Waals surface area contributed by atoms with Gasteiger partial charge in [0.15, 0.2) is 11.5 Å². The van der Waals surface area contributed by atoms with Gasteiger partial charge in [-0.25, -0.2) is 52.4 Å². The SMILES string of the molecule is Cc1cn([C@H]2C[C@H](OP(=O)(O)OC[C@H]3O[C@@H](n4ccc(N)nc4=O)C[C@@H]3OP(=O)(O)OC[C@H]3O[C@@H](n4ccc(N)nc4=O)C[C@@H]3OP(=O)(O)OC[C@H]3O[C@@H](n4ccc(N)nc4=O)C[C@@H]3OP(=O)(O)OC[C@H]3O[C@@H](n4cnc5c(N)ncnc54)C[C@@H]3O)[C@@H](CO)O2)c(=O)[nH]c1=O. The number of fused-ring (bicyclic) bond motifs is 1. The fraction of sp³-hybridized carbons (Fsp3) is 0.553. The number of hydrogen-bond donors (Lipinski definition) is 11. The van der Waals surface area contributed by atoms with Crippen LogP contribution < -0.4 is 51.3 Å². The molecular formula is C47H62N16O28P4. The molecule has 5 fully saturated rings. The Labute approximate surface area is 530 Å². The van der Waals surface area contributed by atoms with Gasteiger partial charge in [0.05, 0.1) is 45.5 Å². The number of aryl methyl sites for hydroxylation is 1. The lowest BCUT2D eigenvalue weighted by molar-refractivity contribution is -0.0649. The quantitative estimate of drug-likeness (QED) is 0.0252. The van der Waals surface area contributed by atoms with Crippen LogP contribution in [-0.4, -0.2) is 182 Å². The van der Waals surface area contributed by atoms with Gasteiger partial charge in [-0.05, 0) is 25.1 Å². The van der Waals surface area contributed by atoms with E-state index in [1.807, 2.05) is 0 Å². The van der Waals surface area contributed by atoms with E-state index in [9.17, 15) is 72.0 Å². The summed E-state index contributed by atoms with van der Waals surface area (Å²) < 4.78 is 133. The summed E-state index contributed by atoms with van der Waals surface area (Å²) in [6, 6.07) is 3.65. The van der Waals surface area contributed by atoms with Gasteiger partial charge in [0.2, 0.25) is 0 Å². The van der Waals surface area contributed by atoms with Gasteiger partial charge in [-0.3, -0.25) is 68.8 Å². The maximum atomic E-state index is 14.0. The fourth-order valence-electron chi connectivity index (χ4n) is 10.9. The number of aromatic nitrogens is 12. The maximum Gasteiger partial charge on any atom is 0.472 e. The Bertz CT molecular complexity index is 4330. The third-order valence-electron chi connectivity index (χ3n) is 15.4. The number of hydrogen-bond acceptors (Lipinski definition) is 34. The fourth-order valence-corrected chi connectivity index (χ4v) is 14.7. The van der Waals surface area contributed by atoms with Crippen LogP contribution in [0, 0.1) is 6.92 Å². The molecule has 48 heteroatoms. The molecule has 0 aliphatic carbocycles. The number of aromatic amines is 1. The Morgan fingerprint density at radius 2 is 0.895 bits per heavy atom. The monoisotopic (exact) mass is 1420 g/mol.